The fourth-order valence-electron chi connectivity index (χ4n) is 2.72. The number of aromatic nitrogens is 3. The molecule has 0 radical (unpaired) electrons. The SMILES string of the molecule is CCc1nc(C)c(CNC(=O)c2n[nH]c3c2CCCC3)s1. The third kappa shape index (κ3) is 2.85. The first-order chi connectivity index (χ1) is 10.2. The number of carbonyl (C=O) groups excluding carboxylic acids is 1. The van der Waals surface area contributed by atoms with Crippen LogP contribution in [-0.4, -0.2) is 21.1 Å². The number of fused-ring (bicyclic) bond motifs is 1. The number of thiazole rings is 1. The summed E-state index contributed by atoms with van der Waals surface area (Å²) >= 11 is 1.67. The van der Waals surface area contributed by atoms with Gasteiger partial charge in [0.05, 0.1) is 17.2 Å². The van der Waals surface area contributed by atoms with Crippen molar-refractivity contribution in [1.82, 2.24) is 20.5 Å². The fourth-order valence-corrected chi connectivity index (χ4v) is 3.67. The number of hydrogen-bond acceptors (Lipinski definition) is 4. The molecule has 0 saturated heterocycles. The summed E-state index contributed by atoms with van der Waals surface area (Å²) in [5, 5.41) is 11.3. The van der Waals surface area contributed by atoms with Gasteiger partial charge >= 0.3 is 0 Å². The summed E-state index contributed by atoms with van der Waals surface area (Å²) < 4.78 is 0. The number of amides is 1. The number of aromatic amines is 1. The summed E-state index contributed by atoms with van der Waals surface area (Å²) in [7, 11) is 0. The van der Waals surface area contributed by atoms with Crippen molar-refractivity contribution in [3.63, 3.8) is 0 Å². The molecule has 0 fully saturated rings. The van der Waals surface area contributed by atoms with Crippen LogP contribution in [0.25, 0.3) is 0 Å². The van der Waals surface area contributed by atoms with Gasteiger partial charge in [0.25, 0.3) is 5.91 Å². The van der Waals surface area contributed by atoms with Crippen LogP contribution in [0.3, 0.4) is 0 Å². The minimum atomic E-state index is -0.0831. The number of carbonyl (C=O) groups is 1. The molecule has 0 spiro atoms. The second-order valence-electron chi connectivity index (χ2n) is 5.39. The zero-order chi connectivity index (χ0) is 14.8. The van der Waals surface area contributed by atoms with Gasteiger partial charge in [-0.25, -0.2) is 4.98 Å². The number of nitrogens with one attached hydrogen (secondary N) is 2. The Hall–Kier alpha value is -1.69. The minimum absolute atomic E-state index is 0.0831. The van der Waals surface area contributed by atoms with Crippen molar-refractivity contribution in [1.29, 1.82) is 0 Å². The Morgan fingerprint density at radius 2 is 2.19 bits per heavy atom. The molecule has 1 aliphatic rings. The topological polar surface area (TPSA) is 70.7 Å². The largest absolute Gasteiger partial charge is 0.346 e. The van der Waals surface area contributed by atoms with E-state index in [0.29, 0.717) is 12.2 Å². The van der Waals surface area contributed by atoms with Gasteiger partial charge in [0, 0.05) is 16.1 Å². The van der Waals surface area contributed by atoms with E-state index < -0.39 is 0 Å². The predicted molar refractivity (Wildman–Crippen MR) is 82.6 cm³/mol. The van der Waals surface area contributed by atoms with Crippen molar-refractivity contribution in [2.45, 2.75) is 52.5 Å². The van der Waals surface area contributed by atoms with Crippen LogP contribution >= 0.6 is 11.3 Å². The van der Waals surface area contributed by atoms with E-state index in [0.717, 1.165) is 52.5 Å². The van der Waals surface area contributed by atoms with Gasteiger partial charge in [-0.2, -0.15) is 5.10 Å². The lowest BCUT2D eigenvalue weighted by atomic mass is 9.96. The van der Waals surface area contributed by atoms with Gasteiger partial charge in [0.1, 0.15) is 0 Å². The molecule has 3 rings (SSSR count). The van der Waals surface area contributed by atoms with Crippen LogP contribution in [0.5, 0.6) is 0 Å². The molecule has 5 nitrogen and oxygen atoms in total. The summed E-state index contributed by atoms with van der Waals surface area (Å²) in [5.41, 5.74) is 3.83. The van der Waals surface area contributed by atoms with Crippen LogP contribution in [0, 0.1) is 6.92 Å². The standard InChI is InChI=1S/C15H20N4OS/c1-3-13-17-9(2)12(21-13)8-16-15(20)14-10-6-4-5-7-11(10)18-19-14/h3-8H2,1-2H3,(H,16,20)(H,18,19). The van der Waals surface area contributed by atoms with Gasteiger partial charge in [0.2, 0.25) is 0 Å². The molecular formula is C15H20N4OS. The van der Waals surface area contributed by atoms with Gasteiger partial charge in [-0.05, 0) is 39.0 Å². The van der Waals surface area contributed by atoms with E-state index in [2.05, 4.69) is 27.4 Å². The van der Waals surface area contributed by atoms with E-state index in [1.54, 1.807) is 11.3 Å². The number of nitrogens with zero attached hydrogens (tertiary/aromatic N) is 2. The molecule has 6 heteroatoms. The maximum absolute atomic E-state index is 12.3. The van der Waals surface area contributed by atoms with Gasteiger partial charge in [-0.15, -0.1) is 11.3 Å². The second kappa shape index (κ2) is 5.97. The Morgan fingerprint density at radius 1 is 1.38 bits per heavy atom. The fraction of sp³-hybridized carbons (Fsp3) is 0.533. The molecule has 1 amide bonds. The molecule has 0 atom stereocenters. The van der Waals surface area contributed by atoms with Gasteiger partial charge in [-0.1, -0.05) is 6.92 Å². The lowest BCUT2D eigenvalue weighted by Gasteiger charge is -2.11. The van der Waals surface area contributed by atoms with E-state index in [9.17, 15) is 4.79 Å². The highest BCUT2D eigenvalue weighted by Gasteiger charge is 2.21. The van der Waals surface area contributed by atoms with Gasteiger partial charge in [-0.3, -0.25) is 9.89 Å². The molecule has 0 aromatic carbocycles. The van der Waals surface area contributed by atoms with Crippen LogP contribution in [0.2, 0.25) is 0 Å². The smallest absolute Gasteiger partial charge is 0.272 e. The van der Waals surface area contributed by atoms with Crippen LogP contribution < -0.4 is 5.32 Å². The third-order valence-electron chi connectivity index (χ3n) is 3.92. The van der Waals surface area contributed by atoms with Crippen LogP contribution in [0.1, 0.15) is 57.1 Å². The lowest BCUT2D eigenvalue weighted by molar-refractivity contribution is 0.0945. The first-order valence-corrected chi connectivity index (χ1v) is 8.30. The molecule has 2 heterocycles. The van der Waals surface area contributed by atoms with Crippen molar-refractivity contribution in [3.8, 4) is 0 Å². The Bertz CT molecular complexity index is 659. The van der Waals surface area contributed by atoms with Crippen molar-refractivity contribution in [2.75, 3.05) is 0 Å². The summed E-state index contributed by atoms with van der Waals surface area (Å²) in [6.45, 7) is 4.62. The van der Waals surface area contributed by atoms with Crippen LogP contribution in [-0.2, 0) is 25.8 Å². The number of aryl methyl sites for hydroxylation is 3. The maximum Gasteiger partial charge on any atom is 0.272 e. The molecule has 112 valence electrons. The minimum Gasteiger partial charge on any atom is -0.346 e. The second-order valence-corrected chi connectivity index (χ2v) is 6.56. The van der Waals surface area contributed by atoms with E-state index in [1.165, 1.54) is 6.42 Å². The molecule has 2 aromatic heterocycles. The molecular weight excluding hydrogens is 284 g/mol. The average Bonchev–Trinajstić information content (AvgIpc) is 3.08. The first kappa shape index (κ1) is 14.3. The normalized spacial score (nSPS) is 14.0. The van der Waals surface area contributed by atoms with Crippen LogP contribution in [0.4, 0.5) is 0 Å². The van der Waals surface area contributed by atoms with E-state index in [1.807, 2.05) is 6.92 Å². The van der Waals surface area contributed by atoms with Crippen molar-refractivity contribution < 1.29 is 4.79 Å². The highest BCUT2D eigenvalue weighted by Crippen LogP contribution is 2.22. The number of hydrogen-bond donors (Lipinski definition) is 2. The summed E-state index contributed by atoms with van der Waals surface area (Å²) in [5.74, 6) is -0.0831. The zero-order valence-electron chi connectivity index (χ0n) is 12.5. The van der Waals surface area contributed by atoms with Crippen molar-refractivity contribution in [2.24, 2.45) is 0 Å². The number of H-pyrrole nitrogens is 1. The van der Waals surface area contributed by atoms with E-state index >= 15 is 0 Å². The zero-order valence-corrected chi connectivity index (χ0v) is 13.3. The summed E-state index contributed by atoms with van der Waals surface area (Å²) in [4.78, 5) is 17.9. The maximum atomic E-state index is 12.3. The van der Waals surface area contributed by atoms with Gasteiger partial charge < -0.3 is 5.32 Å². The highest BCUT2D eigenvalue weighted by atomic mass is 32.1. The molecule has 2 N–H and O–H groups in total. The van der Waals surface area contributed by atoms with Crippen molar-refractivity contribution in [3.05, 3.63) is 32.5 Å². The van der Waals surface area contributed by atoms with Crippen LogP contribution in [0.15, 0.2) is 0 Å². The third-order valence-corrected chi connectivity index (χ3v) is 5.22. The quantitative estimate of drug-likeness (QED) is 0.912. The lowest BCUT2D eigenvalue weighted by Crippen LogP contribution is -2.24. The molecule has 0 saturated carbocycles. The monoisotopic (exact) mass is 304 g/mol. The Balaban J connectivity index is 1.69. The highest BCUT2D eigenvalue weighted by molar-refractivity contribution is 7.11. The Labute approximate surface area is 128 Å². The first-order valence-electron chi connectivity index (χ1n) is 7.48. The Morgan fingerprint density at radius 3 is 2.95 bits per heavy atom. The molecule has 0 bridgehead atoms. The molecule has 21 heavy (non-hydrogen) atoms. The van der Waals surface area contributed by atoms with Crippen molar-refractivity contribution >= 4 is 17.2 Å². The summed E-state index contributed by atoms with van der Waals surface area (Å²) in [6.07, 6.45) is 5.21. The molecule has 2 aromatic rings. The number of rotatable bonds is 4. The molecule has 0 unspecified atom stereocenters. The Kier molecular flexibility index (Phi) is 4.05. The molecule has 1 aliphatic carbocycles. The summed E-state index contributed by atoms with van der Waals surface area (Å²) in [6, 6.07) is 0. The predicted octanol–water partition coefficient (Wildman–Crippen LogP) is 2.55. The van der Waals surface area contributed by atoms with E-state index in [-0.39, 0.29) is 5.91 Å². The molecule has 0 aliphatic heterocycles. The average molecular weight is 304 g/mol. The van der Waals surface area contributed by atoms with Gasteiger partial charge in [0.15, 0.2) is 5.69 Å². The van der Waals surface area contributed by atoms with E-state index in [4.69, 9.17) is 0 Å².